The molecule has 3 N–H and O–H groups in total. The van der Waals surface area contributed by atoms with E-state index in [0.29, 0.717) is 23.7 Å². The monoisotopic (exact) mass is 418 g/mol. The van der Waals surface area contributed by atoms with Crippen LogP contribution in [0.3, 0.4) is 0 Å². The Kier molecular flexibility index (Phi) is 6.49. The predicted octanol–water partition coefficient (Wildman–Crippen LogP) is 4.48. The molecule has 2 aromatic rings. The fraction of sp³-hybridized carbons (Fsp3) is 0.571. The number of fused-ring (bicyclic) bond motifs is 1. The quantitative estimate of drug-likeness (QED) is 0.574. The van der Waals surface area contributed by atoms with Crippen molar-refractivity contribution in [3.05, 3.63) is 29.2 Å². The molecule has 0 amide bonds. The van der Waals surface area contributed by atoms with Crippen LogP contribution >= 0.6 is 11.6 Å². The van der Waals surface area contributed by atoms with E-state index in [2.05, 4.69) is 68.2 Å². The summed E-state index contributed by atoms with van der Waals surface area (Å²) in [5.41, 5.74) is 4.82. The van der Waals surface area contributed by atoms with Gasteiger partial charge in [0.05, 0.1) is 24.4 Å². The van der Waals surface area contributed by atoms with Crippen LogP contribution < -0.4 is 10.6 Å². The van der Waals surface area contributed by atoms with Crippen LogP contribution in [0, 0.1) is 5.92 Å². The molecule has 29 heavy (non-hydrogen) atoms. The van der Waals surface area contributed by atoms with Crippen LogP contribution in [-0.2, 0) is 0 Å². The molecular formula is C21H31ClN6O. The van der Waals surface area contributed by atoms with Gasteiger partial charge in [-0.05, 0) is 45.3 Å². The minimum atomic E-state index is -0.135. The van der Waals surface area contributed by atoms with Crippen LogP contribution in [0.2, 0.25) is 0 Å². The Bertz CT molecular complexity index is 946. The molecule has 7 nitrogen and oxygen atoms in total. The molecule has 0 saturated carbocycles. The van der Waals surface area contributed by atoms with E-state index in [1.54, 1.807) is 6.33 Å². The fourth-order valence-electron chi connectivity index (χ4n) is 3.30. The number of rotatable bonds is 7. The zero-order valence-corrected chi connectivity index (χ0v) is 18.7. The van der Waals surface area contributed by atoms with Gasteiger partial charge < -0.3 is 20.3 Å². The van der Waals surface area contributed by atoms with Gasteiger partial charge in [0.15, 0.2) is 17.0 Å². The Balaban J connectivity index is 2.04. The van der Waals surface area contributed by atoms with Gasteiger partial charge in [0.25, 0.3) is 0 Å². The van der Waals surface area contributed by atoms with Crippen molar-refractivity contribution in [2.24, 2.45) is 5.92 Å². The highest BCUT2D eigenvalue weighted by molar-refractivity contribution is 6.22. The van der Waals surface area contributed by atoms with E-state index in [9.17, 15) is 5.11 Å². The lowest BCUT2D eigenvalue weighted by Gasteiger charge is -2.23. The number of anilines is 2. The van der Waals surface area contributed by atoms with E-state index in [-0.39, 0.29) is 30.0 Å². The Morgan fingerprint density at radius 1 is 1.24 bits per heavy atom. The standard InChI is InChI=1S/C21H31ClN6O/c1-11(2)17(9-29)25-21-26-19(18-20(27-21)28(10-23-18)12(3)4)24-15-7-13(5)14(6)16(22)8-15/h7,10-12,16-17,29H,8-9H2,1-6H3,(H2,24,25,26,27)/t16?,17-/m0/s1. The van der Waals surface area contributed by atoms with Gasteiger partial charge in [-0.1, -0.05) is 19.4 Å². The number of aromatic nitrogens is 4. The van der Waals surface area contributed by atoms with Gasteiger partial charge in [-0.25, -0.2) is 4.98 Å². The average Bonchev–Trinajstić information content (AvgIpc) is 3.08. The molecule has 8 heteroatoms. The molecule has 0 spiro atoms. The van der Waals surface area contributed by atoms with Crippen molar-refractivity contribution in [1.29, 1.82) is 0 Å². The number of hydrogen-bond donors (Lipinski definition) is 3. The van der Waals surface area contributed by atoms with Crippen molar-refractivity contribution in [1.82, 2.24) is 19.5 Å². The van der Waals surface area contributed by atoms with Crippen molar-refractivity contribution >= 4 is 34.5 Å². The summed E-state index contributed by atoms with van der Waals surface area (Å²) in [6, 6.07) is 0.0768. The fourth-order valence-corrected chi connectivity index (χ4v) is 3.64. The van der Waals surface area contributed by atoms with Gasteiger partial charge >= 0.3 is 0 Å². The van der Waals surface area contributed by atoms with E-state index in [1.165, 1.54) is 5.57 Å². The minimum absolute atomic E-state index is 0.00755. The number of aliphatic hydroxyl groups is 1. The summed E-state index contributed by atoms with van der Waals surface area (Å²) in [5.74, 6) is 1.34. The molecule has 2 heterocycles. The highest BCUT2D eigenvalue weighted by atomic mass is 35.5. The molecule has 0 radical (unpaired) electrons. The number of nitrogens with one attached hydrogen (secondary N) is 2. The summed E-state index contributed by atoms with van der Waals surface area (Å²) in [6.45, 7) is 12.4. The van der Waals surface area contributed by atoms with E-state index in [0.717, 1.165) is 16.9 Å². The molecular weight excluding hydrogens is 388 g/mol. The van der Waals surface area contributed by atoms with Crippen molar-refractivity contribution in [2.75, 3.05) is 17.2 Å². The topological polar surface area (TPSA) is 87.9 Å². The number of hydrogen-bond acceptors (Lipinski definition) is 6. The maximum Gasteiger partial charge on any atom is 0.227 e. The van der Waals surface area contributed by atoms with E-state index < -0.39 is 0 Å². The summed E-state index contributed by atoms with van der Waals surface area (Å²) in [5, 5.41) is 16.4. The summed E-state index contributed by atoms with van der Waals surface area (Å²) in [4.78, 5) is 13.9. The number of halogens is 1. The molecule has 1 unspecified atom stereocenters. The summed E-state index contributed by atoms with van der Waals surface area (Å²) < 4.78 is 2.02. The third kappa shape index (κ3) is 4.56. The third-order valence-electron chi connectivity index (χ3n) is 5.45. The van der Waals surface area contributed by atoms with Gasteiger partial charge in [-0.2, -0.15) is 9.97 Å². The lowest BCUT2D eigenvalue weighted by Crippen LogP contribution is -2.30. The molecule has 3 rings (SSSR count). The Morgan fingerprint density at radius 2 is 1.97 bits per heavy atom. The molecule has 0 aromatic carbocycles. The van der Waals surface area contributed by atoms with Crippen LogP contribution in [0.15, 0.2) is 29.2 Å². The normalized spacial score (nSPS) is 18.6. The summed E-state index contributed by atoms with van der Waals surface area (Å²) >= 11 is 6.51. The number of nitrogens with zero attached hydrogens (tertiary/aromatic N) is 4. The van der Waals surface area contributed by atoms with Crippen LogP contribution in [0.25, 0.3) is 11.2 Å². The van der Waals surface area contributed by atoms with Gasteiger partial charge in [-0.15, -0.1) is 11.6 Å². The van der Waals surface area contributed by atoms with Gasteiger partial charge in [0, 0.05) is 18.2 Å². The lowest BCUT2D eigenvalue weighted by molar-refractivity contribution is 0.248. The second-order valence-electron chi connectivity index (χ2n) is 8.32. The molecule has 0 aliphatic heterocycles. The maximum atomic E-state index is 9.71. The van der Waals surface area contributed by atoms with Crippen LogP contribution in [-0.4, -0.2) is 42.7 Å². The first-order valence-corrected chi connectivity index (χ1v) is 10.6. The summed E-state index contributed by atoms with van der Waals surface area (Å²) in [7, 11) is 0. The SMILES string of the molecule is CC1=C(C)C(Cl)CC(Nc2nc(N[C@@H](CO)C(C)C)nc3c2ncn3C(C)C)=C1. The molecule has 158 valence electrons. The van der Waals surface area contributed by atoms with Crippen LogP contribution in [0.4, 0.5) is 11.8 Å². The number of allylic oxidation sites excluding steroid dienone is 4. The van der Waals surface area contributed by atoms with Crippen molar-refractivity contribution in [3.8, 4) is 0 Å². The van der Waals surface area contributed by atoms with Crippen molar-refractivity contribution in [3.63, 3.8) is 0 Å². The highest BCUT2D eigenvalue weighted by Crippen LogP contribution is 2.31. The zero-order chi connectivity index (χ0) is 21.3. The second-order valence-corrected chi connectivity index (χ2v) is 8.85. The molecule has 1 aliphatic carbocycles. The van der Waals surface area contributed by atoms with E-state index in [4.69, 9.17) is 16.6 Å². The Hall–Kier alpha value is -2.12. The average molecular weight is 419 g/mol. The molecule has 0 bridgehead atoms. The first-order chi connectivity index (χ1) is 13.7. The molecule has 2 atom stereocenters. The van der Waals surface area contributed by atoms with Gasteiger partial charge in [0.1, 0.15) is 0 Å². The molecule has 1 aliphatic rings. The highest BCUT2D eigenvalue weighted by Gasteiger charge is 2.21. The largest absolute Gasteiger partial charge is 0.394 e. The smallest absolute Gasteiger partial charge is 0.227 e. The first kappa shape index (κ1) is 21.6. The first-order valence-electron chi connectivity index (χ1n) is 10.1. The third-order valence-corrected chi connectivity index (χ3v) is 5.94. The van der Waals surface area contributed by atoms with Gasteiger partial charge in [-0.3, -0.25) is 0 Å². The zero-order valence-electron chi connectivity index (χ0n) is 18.0. The maximum absolute atomic E-state index is 9.71. The van der Waals surface area contributed by atoms with E-state index in [1.807, 2.05) is 4.57 Å². The number of imidazole rings is 1. The van der Waals surface area contributed by atoms with Crippen LogP contribution in [0.5, 0.6) is 0 Å². The van der Waals surface area contributed by atoms with Crippen LogP contribution in [0.1, 0.15) is 54.0 Å². The number of alkyl halides is 1. The Morgan fingerprint density at radius 3 is 2.55 bits per heavy atom. The Labute approximate surface area is 177 Å². The summed E-state index contributed by atoms with van der Waals surface area (Å²) in [6.07, 6.45) is 4.61. The molecule has 0 saturated heterocycles. The molecule has 0 fully saturated rings. The number of aliphatic hydroxyl groups excluding tert-OH is 1. The van der Waals surface area contributed by atoms with E-state index >= 15 is 0 Å². The van der Waals surface area contributed by atoms with Gasteiger partial charge in [0.2, 0.25) is 5.95 Å². The predicted molar refractivity (Wildman–Crippen MR) is 119 cm³/mol. The van der Waals surface area contributed by atoms with Crippen molar-refractivity contribution < 1.29 is 5.11 Å². The minimum Gasteiger partial charge on any atom is -0.394 e. The molecule has 2 aromatic heterocycles. The van der Waals surface area contributed by atoms with Crippen molar-refractivity contribution in [2.45, 2.75) is 65.4 Å². The second kappa shape index (κ2) is 8.71. The lowest BCUT2D eigenvalue weighted by atomic mass is 9.97.